The summed E-state index contributed by atoms with van der Waals surface area (Å²) in [7, 11) is 0. The monoisotopic (exact) mass is 301 g/mol. The van der Waals surface area contributed by atoms with Gasteiger partial charge in [-0.3, -0.25) is 9.78 Å². The topological polar surface area (TPSA) is 54.9 Å². The molecule has 1 aromatic carbocycles. The number of pyridine rings is 2. The van der Waals surface area contributed by atoms with Gasteiger partial charge >= 0.3 is 0 Å². The first-order valence-corrected chi connectivity index (χ1v) is 7.14. The van der Waals surface area contributed by atoms with Gasteiger partial charge in [0.2, 0.25) is 0 Å². The number of fused-ring (bicyclic) bond motifs is 1. The predicted octanol–water partition coefficient (Wildman–Crippen LogP) is 4.17. The minimum Gasteiger partial charge on any atom is -0.319 e. The Morgan fingerprint density at radius 3 is 2.65 bits per heavy atom. The summed E-state index contributed by atoms with van der Waals surface area (Å²) in [4.78, 5) is 21.1. The van der Waals surface area contributed by atoms with Crippen LogP contribution in [0.3, 0.4) is 0 Å². The average Bonchev–Trinajstić information content (AvgIpc) is 2.61. The molecule has 2 aromatic heterocycles. The van der Waals surface area contributed by atoms with Crippen LogP contribution in [0.4, 0.5) is 5.69 Å². The Morgan fingerprint density at radius 2 is 1.87 bits per heavy atom. The highest BCUT2D eigenvalue weighted by Crippen LogP contribution is 2.21. The van der Waals surface area contributed by atoms with Gasteiger partial charge < -0.3 is 5.32 Å². The number of carbonyl (C=O) groups excluding carboxylic acids is 1. The molecule has 0 aliphatic rings. The molecule has 23 heavy (non-hydrogen) atoms. The lowest BCUT2D eigenvalue weighted by atomic mass is 10.1. The van der Waals surface area contributed by atoms with Crippen LogP contribution in [0.15, 0.2) is 61.8 Å². The van der Waals surface area contributed by atoms with E-state index in [9.17, 15) is 4.79 Å². The van der Waals surface area contributed by atoms with E-state index in [1.165, 1.54) is 0 Å². The van der Waals surface area contributed by atoms with Gasteiger partial charge in [-0.05, 0) is 29.8 Å². The Morgan fingerprint density at radius 1 is 1.04 bits per heavy atom. The maximum absolute atomic E-state index is 12.5. The molecule has 0 atom stereocenters. The van der Waals surface area contributed by atoms with E-state index < -0.39 is 0 Å². The van der Waals surface area contributed by atoms with E-state index in [0.29, 0.717) is 17.1 Å². The molecule has 0 fully saturated rings. The van der Waals surface area contributed by atoms with E-state index in [2.05, 4.69) is 28.4 Å². The summed E-state index contributed by atoms with van der Waals surface area (Å²) in [5, 5.41) is 3.83. The molecule has 1 amide bonds. The van der Waals surface area contributed by atoms with Gasteiger partial charge in [0.1, 0.15) is 5.69 Å². The van der Waals surface area contributed by atoms with Crippen LogP contribution in [0.1, 0.15) is 21.7 Å². The van der Waals surface area contributed by atoms with Crippen molar-refractivity contribution in [2.45, 2.75) is 0 Å². The number of anilines is 1. The Kier molecular flexibility index (Phi) is 3.97. The fourth-order valence-electron chi connectivity index (χ4n) is 2.34. The molecule has 0 spiro atoms. The number of hydrogen-bond acceptors (Lipinski definition) is 3. The number of carbonyl (C=O) groups is 1. The van der Waals surface area contributed by atoms with Gasteiger partial charge in [0.25, 0.3) is 5.91 Å². The smallest absolute Gasteiger partial charge is 0.274 e. The molecule has 0 aliphatic heterocycles. The minimum absolute atomic E-state index is 0.290. The van der Waals surface area contributed by atoms with Gasteiger partial charge in [0.15, 0.2) is 0 Å². The average molecular weight is 301 g/mol. The molecule has 2 heterocycles. The third-order valence-electron chi connectivity index (χ3n) is 3.48. The molecule has 0 unspecified atom stereocenters. The van der Waals surface area contributed by atoms with Crippen LogP contribution in [0.2, 0.25) is 0 Å². The SMILES string of the molecule is C=Cc1ccc(C(=O)Nc2cccc3cccnc23)nc1C=C. The third kappa shape index (κ3) is 2.87. The molecule has 0 aliphatic carbocycles. The molecule has 3 rings (SSSR count). The lowest BCUT2D eigenvalue weighted by Gasteiger charge is -2.09. The minimum atomic E-state index is -0.290. The first-order valence-electron chi connectivity index (χ1n) is 7.14. The number of hydrogen-bond donors (Lipinski definition) is 1. The fourth-order valence-corrected chi connectivity index (χ4v) is 2.34. The molecule has 112 valence electrons. The Labute approximate surface area is 134 Å². The summed E-state index contributed by atoms with van der Waals surface area (Å²) >= 11 is 0. The summed E-state index contributed by atoms with van der Waals surface area (Å²) < 4.78 is 0. The van der Waals surface area contributed by atoms with Crippen LogP contribution in [-0.2, 0) is 0 Å². The van der Waals surface area contributed by atoms with Gasteiger partial charge in [-0.15, -0.1) is 0 Å². The standard InChI is InChI=1S/C19H15N3O/c1-3-13-10-11-17(21-15(13)4-2)19(23)22-16-9-5-7-14-8-6-12-20-18(14)16/h3-12H,1-2H2,(H,22,23). The molecule has 0 saturated heterocycles. The van der Waals surface area contributed by atoms with Crippen LogP contribution in [0.5, 0.6) is 0 Å². The second-order valence-corrected chi connectivity index (χ2v) is 4.91. The van der Waals surface area contributed by atoms with Crippen molar-refractivity contribution < 1.29 is 4.79 Å². The summed E-state index contributed by atoms with van der Waals surface area (Å²) in [6.07, 6.45) is 4.98. The van der Waals surface area contributed by atoms with E-state index in [4.69, 9.17) is 0 Å². The molecule has 0 radical (unpaired) electrons. The van der Waals surface area contributed by atoms with Crippen molar-refractivity contribution in [3.05, 3.63) is 78.8 Å². The lowest BCUT2D eigenvalue weighted by molar-refractivity contribution is 0.102. The Balaban J connectivity index is 1.95. The fraction of sp³-hybridized carbons (Fsp3) is 0. The van der Waals surface area contributed by atoms with Crippen molar-refractivity contribution >= 4 is 34.6 Å². The maximum Gasteiger partial charge on any atom is 0.274 e. The van der Waals surface area contributed by atoms with Crippen LogP contribution >= 0.6 is 0 Å². The molecule has 1 N–H and O–H groups in total. The van der Waals surface area contributed by atoms with E-state index >= 15 is 0 Å². The number of benzene rings is 1. The summed E-state index contributed by atoms with van der Waals surface area (Å²) in [5.74, 6) is -0.290. The van der Waals surface area contributed by atoms with Crippen molar-refractivity contribution in [3.63, 3.8) is 0 Å². The quantitative estimate of drug-likeness (QED) is 0.787. The Hall–Kier alpha value is -3.27. The predicted molar refractivity (Wildman–Crippen MR) is 94.1 cm³/mol. The van der Waals surface area contributed by atoms with Gasteiger partial charge in [0.05, 0.1) is 16.9 Å². The maximum atomic E-state index is 12.5. The Bertz CT molecular complexity index is 910. The molecule has 4 heteroatoms. The number of nitrogens with zero attached hydrogens (tertiary/aromatic N) is 2. The number of rotatable bonds is 4. The highest BCUT2D eigenvalue weighted by Gasteiger charge is 2.11. The molecular formula is C19H15N3O. The van der Waals surface area contributed by atoms with Crippen molar-refractivity contribution in [1.82, 2.24) is 9.97 Å². The van der Waals surface area contributed by atoms with E-state index in [-0.39, 0.29) is 5.91 Å². The summed E-state index contributed by atoms with van der Waals surface area (Å²) in [6, 6.07) is 12.9. The van der Waals surface area contributed by atoms with Crippen molar-refractivity contribution in [2.75, 3.05) is 5.32 Å². The van der Waals surface area contributed by atoms with Crippen molar-refractivity contribution in [3.8, 4) is 0 Å². The molecular weight excluding hydrogens is 286 g/mol. The van der Waals surface area contributed by atoms with E-state index in [1.54, 1.807) is 30.5 Å². The first-order chi connectivity index (χ1) is 11.2. The second kappa shape index (κ2) is 6.23. The van der Waals surface area contributed by atoms with Gasteiger partial charge in [0, 0.05) is 11.6 Å². The van der Waals surface area contributed by atoms with Crippen molar-refractivity contribution in [1.29, 1.82) is 0 Å². The zero-order chi connectivity index (χ0) is 16.2. The first kappa shape index (κ1) is 14.7. The number of nitrogens with one attached hydrogen (secondary N) is 1. The summed E-state index contributed by atoms with van der Waals surface area (Å²) in [6.45, 7) is 7.43. The largest absolute Gasteiger partial charge is 0.319 e. The van der Waals surface area contributed by atoms with Gasteiger partial charge in [-0.25, -0.2) is 4.98 Å². The highest BCUT2D eigenvalue weighted by atomic mass is 16.1. The highest BCUT2D eigenvalue weighted by molar-refractivity contribution is 6.07. The van der Waals surface area contributed by atoms with Crippen LogP contribution in [0.25, 0.3) is 23.1 Å². The number of amides is 1. The molecule has 3 aromatic rings. The zero-order valence-corrected chi connectivity index (χ0v) is 12.5. The number of para-hydroxylation sites is 1. The normalized spacial score (nSPS) is 10.3. The third-order valence-corrected chi connectivity index (χ3v) is 3.48. The summed E-state index contributed by atoms with van der Waals surface area (Å²) in [5.41, 5.74) is 3.18. The van der Waals surface area contributed by atoms with Crippen LogP contribution in [0, 0.1) is 0 Å². The van der Waals surface area contributed by atoms with Crippen molar-refractivity contribution in [2.24, 2.45) is 0 Å². The van der Waals surface area contributed by atoms with Gasteiger partial charge in [-0.2, -0.15) is 0 Å². The van der Waals surface area contributed by atoms with Crippen LogP contribution in [-0.4, -0.2) is 15.9 Å². The molecule has 4 nitrogen and oxygen atoms in total. The zero-order valence-electron chi connectivity index (χ0n) is 12.5. The van der Waals surface area contributed by atoms with E-state index in [0.717, 1.165) is 16.5 Å². The lowest BCUT2D eigenvalue weighted by Crippen LogP contribution is -2.14. The van der Waals surface area contributed by atoms with Gasteiger partial charge in [-0.1, -0.05) is 43.5 Å². The van der Waals surface area contributed by atoms with E-state index in [1.807, 2.05) is 30.3 Å². The molecule has 0 saturated carbocycles. The molecule has 0 bridgehead atoms. The number of aromatic nitrogens is 2. The van der Waals surface area contributed by atoms with Crippen LogP contribution < -0.4 is 5.32 Å². The second-order valence-electron chi connectivity index (χ2n) is 4.91.